The highest BCUT2D eigenvalue weighted by molar-refractivity contribution is 5.76. The fourth-order valence-corrected chi connectivity index (χ4v) is 4.42. The van der Waals surface area contributed by atoms with Gasteiger partial charge in [0.1, 0.15) is 12.7 Å². The molecule has 1 aromatic carbocycles. The van der Waals surface area contributed by atoms with Gasteiger partial charge in [-0.2, -0.15) is 5.10 Å². The minimum atomic E-state index is 0.0609. The van der Waals surface area contributed by atoms with Crippen LogP contribution in [0.25, 0.3) is 5.69 Å². The molecule has 6 nitrogen and oxygen atoms in total. The molecule has 2 bridgehead atoms. The molecule has 4 rings (SSSR count). The van der Waals surface area contributed by atoms with Crippen molar-refractivity contribution in [1.29, 1.82) is 0 Å². The maximum atomic E-state index is 12.8. The lowest BCUT2D eigenvalue weighted by Gasteiger charge is -2.31. The first kappa shape index (κ1) is 17.2. The largest absolute Gasteiger partial charge is 0.339 e. The third kappa shape index (κ3) is 3.51. The molecule has 1 N–H and O–H groups in total. The number of piperidine rings is 1. The summed E-state index contributed by atoms with van der Waals surface area (Å²) < 4.78 is 1.73. The van der Waals surface area contributed by atoms with Crippen LogP contribution in [0.5, 0.6) is 0 Å². The number of rotatable bonds is 5. The third-order valence-electron chi connectivity index (χ3n) is 6.07. The van der Waals surface area contributed by atoms with Gasteiger partial charge in [0.2, 0.25) is 5.91 Å². The Labute approximate surface area is 154 Å². The molecule has 1 aromatic heterocycles. The van der Waals surface area contributed by atoms with E-state index in [0.29, 0.717) is 24.4 Å². The van der Waals surface area contributed by atoms with E-state index in [0.717, 1.165) is 24.1 Å². The van der Waals surface area contributed by atoms with Gasteiger partial charge in [-0.15, -0.1) is 0 Å². The predicted molar refractivity (Wildman–Crippen MR) is 99.8 cm³/mol. The average Bonchev–Trinajstić information content (AvgIpc) is 3.30. The Hall–Kier alpha value is -2.21. The first-order chi connectivity index (χ1) is 12.6. The van der Waals surface area contributed by atoms with E-state index in [1.54, 1.807) is 11.0 Å². The summed E-state index contributed by atoms with van der Waals surface area (Å²) in [5, 5.41) is 7.79. The Morgan fingerprint density at radius 3 is 2.58 bits per heavy atom. The number of aromatic nitrogens is 3. The van der Waals surface area contributed by atoms with Crippen molar-refractivity contribution in [3.63, 3.8) is 0 Å². The monoisotopic (exact) mass is 353 g/mol. The average molecular weight is 353 g/mol. The number of hydrogen-bond acceptors (Lipinski definition) is 4. The summed E-state index contributed by atoms with van der Waals surface area (Å²) in [5.41, 5.74) is 2.10. The first-order valence-corrected chi connectivity index (χ1v) is 9.57. The van der Waals surface area contributed by atoms with Crippen molar-refractivity contribution in [3.8, 4) is 5.69 Å². The summed E-state index contributed by atoms with van der Waals surface area (Å²) in [6.45, 7) is 2.09. The summed E-state index contributed by atoms with van der Waals surface area (Å²) in [6, 6.07) is 9.50. The highest BCUT2D eigenvalue weighted by Gasteiger charge is 2.34. The maximum absolute atomic E-state index is 12.8. The molecule has 0 spiro atoms. The van der Waals surface area contributed by atoms with Gasteiger partial charge in [-0.3, -0.25) is 4.79 Å². The normalized spacial score (nSPS) is 25.8. The molecule has 26 heavy (non-hydrogen) atoms. The second-order valence-electron chi connectivity index (χ2n) is 7.79. The Bertz CT molecular complexity index is 730. The number of hydrogen-bond donors (Lipinski definition) is 1. The maximum Gasteiger partial charge on any atom is 0.223 e. The molecule has 2 aliphatic heterocycles. The van der Waals surface area contributed by atoms with E-state index in [1.165, 1.54) is 19.2 Å². The van der Waals surface area contributed by atoms with E-state index in [9.17, 15) is 4.79 Å². The van der Waals surface area contributed by atoms with Gasteiger partial charge in [0.15, 0.2) is 0 Å². The predicted octanol–water partition coefficient (Wildman–Crippen LogP) is 2.71. The number of nitrogens with one attached hydrogen (secondary N) is 1. The Morgan fingerprint density at radius 2 is 1.96 bits per heavy atom. The summed E-state index contributed by atoms with van der Waals surface area (Å²) >= 11 is 0. The number of nitrogens with zero attached hydrogens (tertiary/aromatic N) is 4. The van der Waals surface area contributed by atoms with E-state index in [1.807, 2.05) is 24.1 Å². The minimum absolute atomic E-state index is 0.0609. The van der Waals surface area contributed by atoms with Gasteiger partial charge in [0, 0.05) is 25.6 Å². The number of fused-ring (bicyclic) bond motifs is 2. The lowest BCUT2D eigenvalue weighted by Crippen LogP contribution is -2.40. The Morgan fingerprint density at radius 1 is 1.27 bits per heavy atom. The molecular weight excluding hydrogens is 326 g/mol. The number of carbonyl (C=O) groups is 1. The van der Waals surface area contributed by atoms with E-state index in [2.05, 4.69) is 34.5 Å². The van der Waals surface area contributed by atoms with Crippen molar-refractivity contribution in [1.82, 2.24) is 25.0 Å². The van der Waals surface area contributed by atoms with E-state index >= 15 is 0 Å². The van der Waals surface area contributed by atoms with Crippen LogP contribution in [0.1, 0.15) is 50.6 Å². The van der Waals surface area contributed by atoms with Gasteiger partial charge in [-0.25, -0.2) is 9.67 Å². The zero-order valence-electron chi connectivity index (χ0n) is 15.5. The molecule has 2 aromatic rings. The Kier molecular flexibility index (Phi) is 4.76. The van der Waals surface area contributed by atoms with Gasteiger partial charge in [0.05, 0.1) is 11.7 Å². The zero-order chi connectivity index (χ0) is 18.1. The molecule has 3 unspecified atom stereocenters. The number of amides is 1. The Balaban J connectivity index is 1.37. The smallest absolute Gasteiger partial charge is 0.223 e. The van der Waals surface area contributed by atoms with Crippen molar-refractivity contribution < 1.29 is 4.79 Å². The summed E-state index contributed by atoms with van der Waals surface area (Å²) in [5.74, 6) is 0.787. The summed E-state index contributed by atoms with van der Waals surface area (Å²) in [4.78, 5) is 18.7. The molecule has 6 heteroatoms. The minimum Gasteiger partial charge on any atom is -0.339 e. The summed E-state index contributed by atoms with van der Waals surface area (Å²) in [7, 11) is 1.92. The highest BCUT2D eigenvalue weighted by atomic mass is 16.2. The van der Waals surface area contributed by atoms with E-state index in [-0.39, 0.29) is 11.9 Å². The fraction of sp³-hybridized carbons (Fsp3) is 0.550. The van der Waals surface area contributed by atoms with Crippen LogP contribution in [-0.4, -0.2) is 44.7 Å². The van der Waals surface area contributed by atoms with Crippen LogP contribution in [0.2, 0.25) is 0 Å². The fourth-order valence-electron chi connectivity index (χ4n) is 4.42. The van der Waals surface area contributed by atoms with Gasteiger partial charge in [-0.05, 0) is 56.2 Å². The van der Waals surface area contributed by atoms with Gasteiger partial charge < -0.3 is 10.2 Å². The molecule has 1 amide bonds. The highest BCUT2D eigenvalue weighted by Crippen LogP contribution is 2.33. The van der Waals surface area contributed by atoms with Crippen LogP contribution in [-0.2, 0) is 4.79 Å². The molecule has 138 valence electrons. The van der Waals surface area contributed by atoms with Crippen LogP contribution in [0.3, 0.4) is 0 Å². The van der Waals surface area contributed by atoms with Crippen molar-refractivity contribution in [2.24, 2.45) is 5.92 Å². The standard InChI is InChI=1S/C20H27N5O/c1-14(16-3-7-19(8-4-16)25-13-21-12-22-25)24(2)20(26)11-15-9-17-5-6-18(10-15)23-17/h3-4,7-8,12-15,17-18,23H,5-6,9-11H2,1-2H3. The van der Waals surface area contributed by atoms with Crippen molar-refractivity contribution in [3.05, 3.63) is 42.5 Å². The molecule has 2 fully saturated rings. The van der Waals surface area contributed by atoms with Crippen LogP contribution in [0.15, 0.2) is 36.9 Å². The second-order valence-corrected chi connectivity index (χ2v) is 7.79. The number of carbonyl (C=O) groups excluding carboxylic acids is 1. The van der Waals surface area contributed by atoms with Gasteiger partial charge in [0.25, 0.3) is 0 Å². The first-order valence-electron chi connectivity index (χ1n) is 9.57. The van der Waals surface area contributed by atoms with Gasteiger partial charge >= 0.3 is 0 Å². The molecule has 3 heterocycles. The van der Waals surface area contributed by atoms with Crippen molar-refractivity contribution in [2.75, 3.05) is 7.05 Å². The lowest BCUT2D eigenvalue weighted by molar-refractivity contribution is -0.133. The van der Waals surface area contributed by atoms with Crippen molar-refractivity contribution in [2.45, 2.75) is 57.2 Å². The summed E-state index contributed by atoms with van der Waals surface area (Å²) in [6.07, 6.45) is 8.73. The second kappa shape index (κ2) is 7.19. The molecule has 0 radical (unpaired) electrons. The van der Waals surface area contributed by atoms with Crippen LogP contribution in [0, 0.1) is 5.92 Å². The van der Waals surface area contributed by atoms with Crippen molar-refractivity contribution >= 4 is 5.91 Å². The molecule has 3 atom stereocenters. The van der Waals surface area contributed by atoms with E-state index < -0.39 is 0 Å². The van der Waals surface area contributed by atoms with Crippen LogP contribution >= 0.6 is 0 Å². The molecular formula is C20H27N5O. The zero-order valence-corrected chi connectivity index (χ0v) is 15.5. The molecule has 2 aliphatic rings. The van der Waals surface area contributed by atoms with Crippen LogP contribution in [0.4, 0.5) is 0 Å². The lowest BCUT2D eigenvalue weighted by atomic mass is 9.89. The van der Waals surface area contributed by atoms with Crippen LogP contribution < -0.4 is 5.32 Å². The molecule has 2 saturated heterocycles. The SMILES string of the molecule is CC(c1ccc(-n2cncn2)cc1)N(C)C(=O)CC1CC2CCC(C1)N2. The number of benzene rings is 1. The quantitative estimate of drug-likeness (QED) is 0.898. The molecule has 0 aliphatic carbocycles. The van der Waals surface area contributed by atoms with E-state index in [4.69, 9.17) is 0 Å². The topological polar surface area (TPSA) is 63.1 Å². The van der Waals surface area contributed by atoms with Gasteiger partial charge in [-0.1, -0.05) is 12.1 Å². The third-order valence-corrected chi connectivity index (χ3v) is 6.07. The molecule has 0 saturated carbocycles.